The lowest BCUT2D eigenvalue weighted by Crippen LogP contribution is -2.47. The van der Waals surface area contributed by atoms with Crippen molar-refractivity contribution in [2.45, 2.75) is 46.4 Å². The molecule has 2 aromatic rings. The maximum atomic E-state index is 12.9. The van der Waals surface area contributed by atoms with Crippen molar-refractivity contribution in [1.82, 2.24) is 0 Å². The highest BCUT2D eigenvalue weighted by Gasteiger charge is 2.43. The fourth-order valence-corrected chi connectivity index (χ4v) is 4.63. The first-order valence-electron chi connectivity index (χ1n) is 10.5. The van der Waals surface area contributed by atoms with E-state index >= 15 is 0 Å². The average molecular weight is 432 g/mol. The number of fused-ring (bicyclic) bond motifs is 1. The molecule has 0 aliphatic carbocycles. The molecule has 166 valence electrons. The van der Waals surface area contributed by atoms with E-state index in [1.807, 2.05) is 13.8 Å². The number of ether oxygens (including phenoxy) is 1. The van der Waals surface area contributed by atoms with Crippen molar-refractivity contribution in [2.75, 3.05) is 36.0 Å². The van der Waals surface area contributed by atoms with Gasteiger partial charge >= 0.3 is 6.18 Å². The molecule has 31 heavy (non-hydrogen) atoms. The number of piperazine rings is 1. The van der Waals surface area contributed by atoms with Crippen LogP contribution in [0.2, 0.25) is 0 Å². The Morgan fingerprint density at radius 1 is 0.871 bits per heavy atom. The Hall–Kier alpha value is -2.70. The lowest BCUT2D eigenvalue weighted by atomic mass is 9.90. The third-order valence-electron chi connectivity index (χ3n) is 6.50. The minimum atomic E-state index is -4.33. The zero-order chi connectivity index (χ0) is 22.7. The van der Waals surface area contributed by atoms with E-state index in [1.54, 1.807) is 13.8 Å². The molecule has 0 spiro atoms. The SMILES string of the molecule is Cc1c(C)c(N2CCN(c3ccc(C(F)(F)F)cc3)CC2)c(C)c2c1OC(C)(C)C2=O. The molecule has 2 aliphatic heterocycles. The van der Waals surface area contributed by atoms with Gasteiger partial charge in [-0.2, -0.15) is 13.2 Å². The number of benzene rings is 2. The summed E-state index contributed by atoms with van der Waals surface area (Å²) in [5, 5.41) is 0. The zero-order valence-electron chi connectivity index (χ0n) is 18.5. The topological polar surface area (TPSA) is 32.8 Å². The standard InChI is InChI=1S/C24H27F3N2O2/c1-14-15(2)21-19(22(30)23(4,5)31-21)16(3)20(14)29-12-10-28(11-13-29)18-8-6-17(7-9-18)24(25,26)27/h6-9H,10-13H2,1-5H3. The molecule has 0 bridgehead atoms. The molecule has 2 aromatic carbocycles. The van der Waals surface area contributed by atoms with Gasteiger partial charge in [0.1, 0.15) is 5.75 Å². The van der Waals surface area contributed by atoms with E-state index in [0.29, 0.717) is 24.4 Å². The number of carbonyl (C=O) groups is 1. The third kappa shape index (κ3) is 3.54. The van der Waals surface area contributed by atoms with E-state index in [2.05, 4.69) is 16.7 Å². The van der Waals surface area contributed by atoms with E-state index in [1.165, 1.54) is 12.1 Å². The molecule has 2 aliphatic rings. The molecule has 0 aromatic heterocycles. The van der Waals surface area contributed by atoms with Crippen LogP contribution in [0.1, 0.15) is 46.5 Å². The summed E-state index contributed by atoms with van der Waals surface area (Å²) in [6.45, 7) is 12.4. The molecule has 0 unspecified atom stereocenters. The normalized spacial score (nSPS) is 18.3. The maximum Gasteiger partial charge on any atom is 0.416 e. The first-order valence-corrected chi connectivity index (χ1v) is 10.5. The van der Waals surface area contributed by atoms with Gasteiger partial charge in [-0.1, -0.05) is 0 Å². The van der Waals surface area contributed by atoms with E-state index in [4.69, 9.17) is 4.74 Å². The minimum absolute atomic E-state index is 0.00717. The fraction of sp³-hybridized carbons (Fsp3) is 0.458. The zero-order valence-corrected chi connectivity index (χ0v) is 18.5. The number of ketones is 1. The van der Waals surface area contributed by atoms with Gasteiger partial charge in [0, 0.05) is 37.6 Å². The second-order valence-corrected chi connectivity index (χ2v) is 8.89. The Balaban J connectivity index is 1.57. The summed E-state index contributed by atoms with van der Waals surface area (Å²) in [7, 11) is 0. The number of nitrogens with zero attached hydrogens (tertiary/aromatic N) is 2. The van der Waals surface area contributed by atoms with Gasteiger partial charge in [0.15, 0.2) is 5.60 Å². The third-order valence-corrected chi connectivity index (χ3v) is 6.50. The molecule has 0 atom stereocenters. The van der Waals surface area contributed by atoms with E-state index in [0.717, 1.165) is 53.3 Å². The predicted octanol–water partition coefficient (Wildman–Crippen LogP) is 5.31. The second-order valence-electron chi connectivity index (χ2n) is 8.89. The highest BCUT2D eigenvalue weighted by atomic mass is 19.4. The Morgan fingerprint density at radius 2 is 1.42 bits per heavy atom. The highest BCUT2D eigenvalue weighted by molar-refractivity contribution is 6.10. The quantitative estimate of drug-likeness (QED) is 0.644. The number of rotatable bonds is 2. The van der Waals surface area contributed by atoms with Crippen LogP contribution in [-0.2, 0) is 6.18 Å². The number of alkyl halides is 3. The number of halogens is 3. The van der Waals surface area contributed by atoms with Crippen LogP contribution in [-0.4, -0.2) is 37.6 Å². The monoisotopic (exact) mass is 432 g/mol. The molecule has 0 amide bonds. The number of Topliss-reactive ketones (excluding diaryl/α,β-unsaturated/α-hetero) is 1. The molecule has 4 rings (SSSR count). The summed E-state index contributed by atoms with van der Waals surface area (Å²) in [6, 6.07) is 5.33. The van der Waals surface area contributed by atoms with Crippen LogP contribution in [0.4, 0.5) is 24.5 Å². The largest absolute Gasteiger partial charge is 0.479 e. The summed E-state index contributed by atoms with van der Waals surface area (Å²) in [6.07, 6.45) is -4.33. The van der Waals surface area contributed by atoms with Gasteiger partial charge in [0.05, 0.1) is 11.1 Å². The lowest BCUT2D eigenvalue weighted by molar-refractivity contribution is -0.137. The molecule has 1 saturated heterocycles. The fourth-order valence-electron chi connectivity index (χ4n) is 4.63. The molecule has 0 saturated carbocycles. The van der Waals surface area contributed by atoms with Crippen molar-refractivity contribution in [2.24, 2.45) is 0 Å². The van der Waals surface area contributed by atoms with Crippen molar-refractivity contribution in [1.29, 1.82) is 0 Å². The Morgan fingerprint density at radius 3 is 1.97 bits per heavy atom. The molecule has 4 nitrogen and oxygen atoms in total. The first-order chi connectivity index (χ1) is 14.4. The van der Waals surface area contributed by atoms with Gasteiger partial charge < -0.3 is 14.5 Å². The number of anilines is 2. The summed E-state index contributed by atoms with van der Waals surface area (Å²) < 4.78 is 44.5. The van der Waals surface area contributed by atoms with Crippen LogP contribution in [0.3, 0.4) is 0 Å². The van der Waals surface area contributed by atoms with E-state index in [-0.39, 0.29) is 5.78 Å². The van der Waals surface area contributed by atoms with Crippen molar-refractivity contribution in [3.63, 3.8) is 0 Å². The highest BCUT2D eigenvalue weighted by Crippen LogP contribution is 2.45. The summed E-state index contributed by atoms with van der Waals surface area (Å²) in [5.74, 6) is 0.699. The molecule has 0 radical (unpaired) electrons. The summed E-state index contributed by atoms with van der Waals surface area (Å²) in [4.78, 5) is 17.3. The number of hydrogen-bond donors (Lipinski definition) is 0. The van der Waals surface area contributed by atoms with Crippen LogP contribution in [0.5, 0.6) is 5.75 Å². The van der Waals surface area contributed by atoms with Gasteiger partial charge in [0.25, 0.3) is 0 Å². The van der Waals surface area contributed by atoms with Crippen LogP contribution >= 0.6 is 0 Å². The first kappa shape index (κ1) is 21.5. The molecule has 2 heterocycles. The van der Waals surface area contributed by atoms with Gasteiger partial charge in [-0.15, -0.1) is 0 Å². The second kappa shape index (κ2) is 7.18. The van der Waals surface area contributed by atoms with Crippen LogP contribution in [0, 0.1) is 20.8 Å². The van der Waals surface area contributed by atoms with Gasteiger partial charge in [-0.3, -0.25) is 4.79 Å². The Labute approximate surface area is 180 Å². The number of carbonyl (C=O) groups excluding carboxylic acids is 1. The average Bonchev–Trinajstić information content (AvgIpc) is 2.96. The van der Waals surface area contributed by atoms with Crippen LogP contribution < -0.4 is 14.5 Å². The Kier molecular flexibility index (Phi) is 4.98. The van der Waals surface area contributed by atoms with Gasteiger partial charge in [-0.05, 0) is 75.6 Å². The van der Waals surface area contributed by atoms with Crippen molar-refractivity contribution < 1.29 is 22.7 Å². The van der Waals surface area contributed by atoms with Crippen molar-refractivity contribution >= 4 is 17.2 Å². The van der Waals surface area contributed by atoms with Crippen LogP contribution in [0.25, 0.3) is 0 Å². The molecule has 0 N–H and O–H groups in total. The molecular weight excluding hydrogens is 405 g/mol. The van der Waals surface area contributed by atoms with E-state index < -0.39 is 17.3 Å². The van der Waals surface area contributed by atoms with Crippen molar-refractivity contribution in [3.8, 4) is 5.75 Å². The van der Waals surface area contributed by atoms with E-state index in [9.17, 15) is 18.0 Å². The lowest BCUT2D eigenvalue weighted by Gasteiger charge is -2.39. The molecular formula is C24H27F3N2O2. The number of hydrogen-bond acceptors (Lipinski definition) is 4. The molecule has 1 fully saturated rings. The summed E-state index contributed by atoms with van der Waals surface area (Å²) in [5.41, 5.74) is 4.07. The van der Waals surface area contributed by atoms with Crippen LogP contribution in [0.15, 0.2) is 24.3 Å². The Bertz CT molecular complexity index is 1030. The minimum Gasteiger partial charge on any atom is -0.479 e. The predicted molar refractivity (Wildman–Crippen MR) is 116 cm³/mol. The maximum absolute atomic E-state index is 12.9. The van der Waals surface area contributed by atoms with Crippen molar-refractivity contribution in [3.05, 3.63) is 52.1 Å². The van der Waals surface area contributed by atoms with Gasteiger partial charge in [-0.25, -0.2) is 0 Å². The summed E-state index contributed by atoms with van der Waals surface area (Å²) >= 11 is 0. The van der Waals surface area contributed by atoms with Gasteiger partial charge in [0.2, 0.25) is 5.78 Å². The molecule has 7 heteroatoms. The smallest absolute Gasteiger partial charge is 0.416 e.